The molecule has 3 heterocycles. The zero-order chi connectivity index (χ0) is 19.8. The number of benzene rings is 1. The lowest BCUT2D eigenvalue weighted by atomic mass is 10.1. The number of nitrogen functional groups attached to an aromatic ring is 1. The van der Waals surface area contributed by atoms with Crippen molar-refractivity contribution >= 4 is 28.7 Å². The summed E-state index contributed by atoms with van der Waals surface area (Å²) in [5, 5.41) is 20.8. The van der Waals surface area contributed by atoms with Gasteiger partial charge in [0, 0.05) is 4.90 Å². The van der Waals surface area contributed by atoms with E-state index in [4.69, 9.17) is 15.2 Å². The molecule has 0 aliphatic carbocycles. The van der Waals surface area contributed by atoms with Crippen molar-refractivity contribution in [2.75, 3.05) is 12.8 Å². The van der Waals surface area contributed by atoms with E-state index in [9.17, 15) is 14.6 Å². The lowest BCUT2D eigenvalue weighted by Crippen LogP contribution is -2.35. The van der Waals surface area contributed by atoms with Crippen LogP contribution in [0, 0.1) is 0 Å². The van der Waals surface area contributed by atoms with Crippen LogP contribution >= 0.6 is 11.8 Å². The van der Waals surface area contributed by atoms with E-state index in [1.165, 1.54) is 17.2 Å². The van der Waals surface area contributed by atoms with Crippen LogP contribution in [0.1, 0.15) is 6.23 Å². The number of aromatic nitrogens is 4. The Labute approximate surface area is 163 Å². The van der Waals surface area contributed by atoms with Gasteiger partial charge in [0.25, 0.3) is 0 Å². The van der Waals surface area contributed by atoms with Crippen molar-refractivity contribution in [2.24, 2.45) is 0 Å². The van der Waals surface area contributed by atoms with Gasteiger partial charge in [-0.15, -0.1) is 0 Å². The normalized spacial score (nSPS) is 25.9. The van der Waals surface area contributed by atoms with Gasteiger partial charge in [0.2, 0.25) is 0 Å². The van der Waals surface area contributed by atoms with Gasteiger partial charge >= 0.3 is 0 Å². The van der Waals surface area contributed by atoms with Gasteiger partial charge in [-0.2, -0.15) is 0 Å². The van der Waals surface area contributed by atoms with E-state index < -0.39 is 30.0 Å². The molecule has 1 aliphatic rings. The second kappa shape index (κ2) is 7.51. The quantitative estimate of drug-likeness (QED) is 0.533. The Morgan fingerprint density at radius 1 is 1.21 bits per heavy atom. The number of aliphatic hydroxyl groups is 2. The number of fused-ring (bicyclic) bond motifs is 1. The summed E-state index contributed by atoms with van der Waals surface area (Å²) in [4.78, 5) is 12.7. The molecule has 5 atom stereocenters. The number of nitrogens with two attached hydrogens (primary N) is 1. The summed E-state index contributed by atoms with van der Waals surface area (Å²) in [6.07, 6.45) is -2.49. The lowest BCUT2D eigenvalue weighted by molar-refractivity contribution is -0.0461. The second-order valence-electron chi connectivity index (χ2n) is 6.20. The maximum Gasteiger partial charge on any atom is 0.179 e. The molecule has 0 unspecified atom stereocenters. The fourth-order valence-electron chi connectivity index (χ4n) is 3.04. The average Bonchev–Trinajstić information content (AvgIpc) is 3.25. The Morgan fingerprint density at radius 3 is 2.68 bits per heavy atom. The van der Waals surface area contributed by atoms with Crippen LogP contribution in [0.5, 0.6) is 5.75 Å². The number of anilines is 1. The number of rotatable bonds is 5. The predicted octanol–water partition coefficient (Wildman–Crippen LogP) is 1.12. The van der Waals surface area contributed by atoms with Crippen LogP contribution in [0.15, 0.2) is 41.8 Å². The lowest BCUT2D eigenvalue weighted by Gasteiger charge is -2.18. The number of imidazole rings is 1. The molecule has 1 fully saturated rings. The first-order valence-electron chi connectivity index (χ1n) is 8.39. The number of hydrogen-bond donors (Lipinski definition) is 3. The SMILES string of the molecule is COc1ccc(S[C@H](F)[C@H]2O[C@@H](n3cnc4c(N)ncnc43)[C@H](O)[C@@H]2O)cc1. The number of thioether (sulfide) groups is 1. The van der Waals surface area contributed by atoms with Gasteiger partial charge in [0.15, 0.2) is 23.2 Å². The topological polar surface area (TPSA) is 129 Å². The van der Waals surface area contributed by atoms with Gasteiger partial charge in [-0.05, 0) is 24.3 Å². The van der Waals surface area contributed by atoms with Crippen LogP contribution in [0.3, 0.4) is 0 Å². The molecule has 9 nitrogen and oxygen atoms in total. The Balaban J connectivity index is 1.54. The van der Waals surface area contributed by atoms with E-state index in [-0.39, 0.29) is 5.82 Å². The van der Waals surface area contributed by atoms with E-state index in [1.54, 1.807) is 31.4 Å². The molecule has 3 aromatic rings. The first-order valence-corrected chi connectivity index (χ1v) is 9.27. The third kappa shape index (κ3) is 3.26. The van der Waals surface area contributed by atoms with Crippen LogP contribution in [-0.2, 0) is 4.74 Å². The monoisotopic (exact) mass is 407 g/mol. The Bertz CT molecular complexity index is 972. The molecule has 1 aliphatic heterocycles. The molecule has 2 aromatic heterocycles. The summed E-state index contributed by atoms with van der Waals surface area (Å²) in [5.41, 5.74) is 4.80. The van der Waals surface area contributed by atoms with Crippen molar-refractivity contribution < 1.29 is 24.1 Å². The number of nitrogens with zero attached hydrogens (tertiary/aromatic N) is 4. The molecule has 0 radical (unpaired) electrons. The van der Waals surface area contributed by atoms with Crippen LogP contribution in [0.2, 0.25) is 0 Å². The minimum absolute atomic E-state index is 0.173. The standard InChI is InChI=1S/C17H18FN5O4S/c1-26-8-2-4-9(5-3-8)28-14(18)13-11(24)12(25)17(27-13)23-7-22-10-15(19)20-6-21-16(10)23/h2-7,11-14,17,24-25H,1H3,(H2,19,20,21)/t11-,12+,13-,14-,17+/m0/s1. The molecule has 4 rings (SSSR count). The summed E-state index contributed by atoms with van der Waals surface area (Å²) in [6.45, 7) is 0. The van der Waals surface area contributed by atoms with Crippen LogP contribution < -0.4 is 10.5 Å². The van der Waals surface area contributed by atoms with Crippen molar-refractivity contribution in [3.05, 3.63) is 36.9 Å². The van der Waals surface area contributed by atoms with Crippen molar-refractivity contribution in [1.82, 2.24) is 19.5 Å². The zero-order valence-electron chi connectivity index (χ0n) is 14.7. The molecule has 1 saturated heterocycles. The van der Waals surface area contributed by atoms with Crippen LogP contribution in [0.4, 0.5) is 10.2 Å². The second-order valence-corrected chi connectivity index (χ2v) is 7.36. The fourth-order valence-corrected chi connectivity index (χ4v) is 3.95. The zero-order valence-corrected chi connectivity index (χ0v) is 15.5. The molecule has 11 heteroatoms. The van der Waals surface area contributed by atoms with Crippen molar-refractivity contribution in [3.8, 4) is 5.75 Å². The van der Waals surface area contributed by atoms with E-state index in [2.05, 4.69) is 15.0 Å². The maximum atomic E-state index is 14.9. The molecular weight excluding hydrogens is 389 g/mol. The number of ether oxygens (including phenoxy) is 2. The van der Waals surface area contributed by atoms with E-state index in [0.29, 0.717) is 21.8 Å². The van der Waals surface area contributed by atoms with Gasteiger partial charge in [-0.3, -0.25) is 4.57 Å². The smallest absolute Gasteiger partial charge is 0.179 e. The summed E-state index contributed by atoms with van der Waals surface area (Å²) < 4.78 is 27.0. The Kier molecular flexibility index (Phi) is 5.06. The molecule has 148 valence electrons. The number of methoxy groups -OCH3 is 1. The highest BCUT2D eigenvalue weighted by atomic mass is 32.2. The largest absolute Gasteiger partial charge is 0.497 e. The summed E-state index contributed by atoms with van der Waals surface area (Å²) >= 11 is 0.882. The van der Waals surface area contributed by atoms with E-state index in [0.717, 1.165) is 11.8 Å². The van der Waals surface area contributed by atoms with E-state index in [1.807, 2.05) is 0 Å². The Morgan fingerprint density at radius 2 is 1.96 bits per heavy atom. The number of aliphatic hydroxyl groups excluding tert-OH is 2. The Hall–Kier alpha value is -2.47. The highest BCUT2D eigenvalue weighted by Crippen LogP contribution is 2.39. The van der Waals surface area contributed by atoms with Crippen molar-refractivity contribution in [3.63, 3.8) is 0 Å². The van der Waals surface area contributed by atoms with Gasteiger partial charge < -0.3 is 25.4 Å². The average molecular weight is 407 g/mol. The van der Waals surface area contributed by atoms with Crippen LogP contribution in [0.25, 0.3) is 11.2 Å². The van der Waals surface area contributed by atoms with Gasteiger partial charge in [-0.25, -0.2) is 19.3 Å². The first kappa shape index (κ1) is 18.9. The predicted molar refractivity (Wildman–Crippen MR) is 99.4 cm³/mol. The molecule has 0 amide bonds. The van der Waals surface area contributed by atoms with Gasteiger partial charge in [-0.1, -0.05) is 11.8 Å². The minimum Gasteiger partial charge on any atom is -0.497 e. The number of alkyl halides is 1. The molecule has 0 bridgehead atoms. The highest BCUT2D eigenvalue weighted by Gasteiger charge is 2.48. The third-order valence-corrected chi connectivity index (χ3v) is 5.54. The molecule has 0 spiro atoms. The highest BCUT2D eigenvalue weighted by molar-refractivity contribution is 7.99. The van der Waals surface area contributed by atoms with Gasteiger partial charge in [0.1, 0.15) is 35.9 Å². The van der Waals surface area contributed by atoms with Crippen molar-refractivity contribution in [2.45, 2.75) is 34.9 Å². The molecule has 1 aromatic carbocycles. The third-order valence-electron chi connectivity index (χ3n) is 4.50. The molecule has 28 heavy (non-hydrogen) atoms. The van der Waals surface area contributed by atoms with Crippen LogP contribution in [-0.4, -0.2) is 60.7 Å². The van der Waals surface area contributed by atoms with Gasteiger partial charge in [0.05, 0.1) is 13.4 Å². The fraction of sp³-hybridized carbons (Fsp3) is 0.353. The number of halogens is 1. The summed E-state index contributed by atoms with van der Waals surface area (Å²) in [7, 11) is 1.54. The maximum absolute atomic E-state index is 14.9. The number of hydrogen-bond acceptors (Lipinski definition) is 9. The minimum atomic E-state index is -1.61. The first-order chi connectivity index (χ1) is 13.5. The van der Waals surface area contributed by atoms with Crippen molar-refractivity contribution in [1.29, 1.82) is 0 Å². The molecular formula is C17H18FN5O4S. The molecule has 0 saturated carbocycles. The summed E-state index contributed by atoms with van der Waals surface area (Å²) in [6, 6.07) is 6.82. The molecule has 4 N–H and O–H groups in total. The van der Waals surface area contributed by atoms with E-state index >= 15 is 0 Å². The summed E-state index contributed by atoms with van der Waals surface area (Å²) in [5.74, 6) is 0.826.